The molecule has 0 aromatic rings. The van der Waals surface area contributed by atoms with Crippen LogP contribution in [0.2, 0.25) is 0 Å². The van der Waals surface area contributed by atoms with Crippen molar-refractivity contribution in [2.24, 2.45) is 10.4 Å². The quantitative estimate of drug-likeness (QED) is 0.550. The number of guanidine groups is 1. The highest BCUT2D eigenvalue weighted by Gasteiger charge is 2.42. The van der Waals surface area contributed by atoms with Crippen molar-refractivity contribution in [1.29, 1.82) is 0 Å². The van der Waals surface area contributed by atoms with Crippen LogP contribution in [-0.4, -0.2) is 76.9 Å². The number of methoxy groups -OCH3 is 1. The zero-order chi connectivity index (χ0) is 18.3. The Kier molecular flexibility index (Phi) is 7.07. The summed E-state index contributed by atoms with van der Waals surface area (Å²) < 4.78 is 11.2. The average Bonchev–Trinajstić information content (AvgIpc) is 3.12. The van der Waals surface area contributed by atoms with E-state index in [1.165, 1.54) is 0 Å². The summed E-state index contributed by atoms with van der Waals surface area (Å²) in [6.07, 6.45) is 5.84. The Balaban J connectivity index is 1.92. The Morgan fingerprint density at radius 3 is 2.24 bits per heavy atom. The fraction of sp³-hybridized carbons (Fsp3) is 0.889. The van der Waals surface area contributed by atoms with Crippen LogP contribution < -0.4 is 10.6 Å². The molecule has 1 saturated heterocycles. The van der Waals surface area contributed by atoms with Crippen LogP contribution in [0.1, 0.15) is 38.5 Å². The van der Waals surface area contributed by atoms with Gasteiger partial charge in [0.15, 0.2) is 5.96 Å². The van der Waals surface area contributed by atoms with E-state index >= 15 is 0 Å². The maximum absolute atomic E-state index is 12.7. The minimum atomic E-state index is -0.307. The summed E-state index contributed by atoms with van der Waals surface area (Å²) >= 11 is 0. The van der Waals surface area contributed by atoms with E-state index in [-0.39, 0.29) is 16.9 Å². The molecule has 1 saturated carbocycles. The van der Waals surface area contributed by atoms with Gasteiger partial charge in [0.05, 0.1) is 11.0 Å². The summed E-state index contributed by atoms with van der Waals surface area (Å²) in [6, 6.07) is 0. The van der Waals surface area contributed by atoms with E-state index in [1.54, 1.807) is 19.1 Å². The zero-order valence-corrected chi connectivity index (χ0v) is 16.2. The van der Waals surface area contributed by atoms with Gasteiger partial charge in [0, 0.05) is 67.4 Å². The molecular formula is C18H34N4O3. The molecule has 1 aliphatic carbocycles. The first kappa shape index (κ1) is 20.0. The summed E-state index contributed by atoms with van der Waals surface area (Å²) in [6.45, 7) is 2.75. The molecule has 1 amide bonds. The first-order chi connectivity index (χ1) is 12.0. The second-order valence-corrected chi connectivity index (χ2v) is 7.47. The van der Waals surface area contributed by atoms with E-state index in [4.69, 9.17) is 9.47 Å². The molecule has 2 rings (SSSR count). The van der Waals surface area contributed by atoms with E-state index in [0.717, 1.165) is 57.7 Å². The highest BCUT2D eigenvalue weighted by Crippen LogP contribution is 2.38. The van der Waals surface area contributed by atoms with Gasteiger partial charge in [-0.15, -0.1) is 0 Å². The van der Waals surface area contributed by atoms with Crippen molar-refractivity contribution in [1.82, 2.24) is 15.5 Å². The van der Waals surface area contributed by atoms with Gasteiger partial charge in [0.1, 0.15) is 0 Å². The molecule has 7 nitrogen and oxygen atoms in total. The normalized spacial score (nSPS) is 22.5. The van der Waals surface area contributed by atoms with E-state index in [9.17, 15) is 4.79 Å². The Bertz CT molecular complexity index is 467. The smallest absolute Gasteiger partial charge is 0.230 e. The minimum Gasteiger partial charge on any atom is -0.381 e. The molecule has 1 heterocycles. The molecule has 7 heteroatoms. The van der Waals surface area contributed by atoms with Crippen LogP contribution >= 0.6 is 0 Å². The Morgan fingerprint density at radius 1 is 1.12 bits per heavy atom. The van der Waals surface area contributed by atoms with Crippen LogP contribution in [0.4, 0.5) is 0 Å². The van der Waals surface area contributed by atoms with Gasteiger partial charge in [-0.3, -0.25) is 9.79 Å². The number of carbonyl (C=O) groups is 1. The molecule has 0 aromatic carbocycles. The second kappa shape index (κ2) is 8.85. The van der Waals surface area contributed by atoms with Gasteiger partial charge in [0.2, 0.25) is 5.91 Å². The lowest BCUT2D eigenvalue weighted by Gasteiger charge is -2.36. The van der Waals surface area contributed by atoms with Gasteiger partial charge < -0.3 is 25.0 Å². The molecule has 144 valence electrons. The van der Waals surface area contributed by atoms with E-state index in [1.807, 2.05) is 14.1 Å². The van der Waals surface area contributed by atoms with Crippen LogP contribution in [0.25, 0.3) is 0 Å². The Hall–Kier alpha value is -1.34. The molecule has 0 spiro atoms. The predicted molar refractivity (Wildman–Crippen MR) is 98.8 cm³/mol. The van der Waals surface area contributed by atoms with Crippen molar-refractivity contribution in [3.8, 4) is 0 Å². The largest absolute Gasteiger partial charge is 0.381 e. The fourth-order valence-electron chi connectivity index (χ4n) is 3.91. The van der Waals surface area contributed by atoms with Crippen molar-refractivity contribution in [2.75, 3.05) is 54.6 Å². The Labute approximate surface area is 151 Å². The van der Waals surface area contributed by atoms with Crippen LogP contribution in [-0.2, 0) is 14.3 Å². The van der Waals surface area contributed by atoms with Gasteiger partial charge in [-0.2, -0.15) is 0 Å². The van der Waals surface area contributed by atoms with Gasteiger partial charge in [0.25, 0.3) is 0 Å². The lowest BCUT2D eigenvalue weighted by molar-refractivity contribution is -0.138. The Morgan fingerprint density at radius 2 is 1.72 bits per heavy atom. The van der Waals surface area contributed by atoms with Crippen molar-refractivity contribution in [3.05, 3.63) is 0 Å². The van der Waals surface area contributed by atoms with E-state index in [0.29, 0.717) is 13.1 Å². The maximum atomic E-state index is 12.7. The SMILES string of the molecule is CN=C(NCC1(OC)CCOCC1)NCC1(C(=O)N(C)C)CCCC1. The molecule has 25 heavy (non-hydrogen) atoms. The highest BCUT2D eigenvalue weighted by molar-refractivity contribution is 5.85. The van der Waals surface area contributed by atoms with E-state index in [2.05, 4.69) is 15.6 Å². The van der Waals surface area contributed by atoms with Crippen LogP contribution in [0.5, 0.6) is 0 Å². The van der Waals surface area contributed by atoms with Gasteiger partial charge in [-0.25, -0.2) is 0 Å². The molecular weight excluding hydrogens is 320 g/mol. The van der Waals surface area contributed by atoms with Crippen molar-refractivity contribution in [3.63, 3.8) is 0 Å². The summed E-state index contributed by atoms with van der Waals surface area (Å²) in [5, 5.41) is 6.75. The summed E-state index contributed by atoms with van der Waals surface area (Å²) in [4.78, 5) is 18.7. The third kappa shape index (κ3) is 4.85. The number of hydrogen-bond donors (Lipinski definition) is 2. The van der Waals surface area contributed by atoms with Gasteiger partial charge >= 0.3 is 0 Å². The third-order valence-electron chi connectivity index (χ3n) is 5.65. The second-order valence-electron chi connectivity index (χ2n) is 7.47. The summed E-state index contributed by atoms with van der Waals surface area (Å²) in [5.74, 6) is 0.937. The zero-order valence-electron chi connectivity index (χ0n) is 16.2. The maximum Gasteiger partial charge on any atom is 0.230 e. The number of ether oxygens (including phenoxy) is 2. The molecule has 2 N–H and O–H groups in total. The fourth-order valence-corrected chi connectivity index (χ4v) is 3.91. The number of hydrogen-bond acceptors (Lipinski definition) is 4. The number of rotatable bonds is 6. The molecule has 1 aliphatic heterocycles. The number of nitrogens with one attached hydrogen (secondary N) is 2. The number of carbonyl (C=O) groups excluding carboxylic acids is 1. The molecule has 0 atom stereocenters. The topological polar surface area (TPSA) is 75.2 Å². The lowest BCUT2D eigenvalue weighted by Crippen LogP contribution is -2.53. The van der Waals surface area contributed by atoms with Gasteiger partial charge in [-0.1, -0.05) is 12.8 Å². The number of aliphatic imine (C=N–C) groups is 1. The average molecular weight is 354 g/mol. The molecule has 2 aliphatic rings. The van der Waals surface area contributed by atoms with Crippen LogP contribution in [0.3, 0.4) is 0 Å². The van der Waals surface area contributed by atoms with Crippen LogP contribution in [0.15, 0.2) is 4.99 Å². The van der Waals surface area contributed by atoms with Crippen molar-refractivity contribution >= 4 is 11.9 Å². The molecule has 0 radical (unpaired) electrons. The molecule has 0 unspecified atom stereocenters. The number of nitrogens with zero attached hydrogens (tertiary/aromatic N) is 2. The summed E-state index contributed by atoms with van der Waals surface area (Å²) in [5.41, 5.74) is -0.515. The first-order valence-corrected chi connectivity index (χ1v) is 9.26. The third-order valence-corrected chi connectivity index (χ3v) is 5.65. The minimum absolute atomic E-state index is 0.208. The molecule has 0 aromatic heterocycles. The number of amides is 1. The first-order valence-electron chi connectivity index (χ1n) is 9.26. The van der Waals surface area contributed by atoms with Crippen LogP contribution in [0, 0.1) is 5.41 Å². The molecule has 2 fully saturated rings. The monoisotopic (exact) mass is 354 g/mol. The highest BCUT2D eigenvalue weighted by atomic mass is 16.5. The standard InChI is InChI=1S/C18H34N4O3/c1-19-16(21-14-18(24-4)9-11-25-12-10-18)20-13-17(7-5-6-8-17)15(23)22(2)3/h5-14H2,1-4H3,(H2,19,20,21). The molecule has 0 bridgehead atoms. The van der Waals surface area contributed by atoms with Crippen molar-refractivity contribution < 1.29 is 14.3 Å². The van der Waals surface area contributed by atoms with E-state index < -0.39 is 0 Å². The van der Waals surface area contributed by atoms with Gasteiger partial charge in [-0.05, 0) is 12.8 Å². The summed E-state index contributed by atoms with van der Waals surface area (Å²) in [7, 11) is 7.19. The lowest BCUT2D eigenvalue weighted by atomic mass is 9.84. The predicted octanol–water partition coefficient (Wildman–Crippen LogP) is 0.996. The van der Waals surface area contributed by atoms with Crippen molar-refractivity contribution in [2.45, 2.75) is 44.1 Å².